The zero-order valence-corrected chi connectivity index (χ0v) is 10.5. The standard InChI is InChI=1S/C11H14ClNO4/c1-3-17-5-4-13-7-8(11(15)16-2)6-9(12)10(13)14/h6-7H,3-5H2,1-2H3. The van der Waals surface area contributed by atoms with E-state index in [0.29, 0.717) is 19.8 Å². The Hall–Kier alpha value is -1.33. The molecule has 0 aliphatic carbocycles. The quantitative estimate of drug-likeness (QED) is 0.591. The molecule has 1 heterocycles. The summed E-state index contributed by atoms with van der Waals surface area (Å²) < 4.78 is 11.0. The van der Waals surface area contributed by atoms with Crippen molar-refractivity contribution in [3.63, 3.8) is 0 Å². The SMILES string of the molecule is CCOCCn1cc(C(=O)OC)cc(Cl)c1=O. The average Bonchev–Trinajstić information content (AvgIpc) is 2.33. The van der Waals surface area contributed by atoms with Crippen LogP contribution in [0.1, 0.15) is 17.3 Å². The molecule has 1 rings (SSSR count). The molecule has 1 aromatic rings. The van der Waals surface area contributed by atoms with E-state index in [4.69, 9.17) is 16.3 Å². The van der Waals surface area contributed by atoms with Crippen LogP contribution in [0.5, 0.6) is 0 Å². The van der Waals surface area contributed by atoms with E-state index < -0.39 is 5.97 Å². The van der Waals surface area contributed by atoms with Crippen LogP contribution in [0.4, 0.5) is 0 Å². The monoisotopic (exact) mass is 259 g/mol. The van der Waals surface area contributed by atoms with Crippen molar-refractivity contribution in [2.75, 3.05) is 20.3 Å². The van der Waals surface area contributed by atoms with Crippen LogP contribution in [0.25, 0.3) is 0 Å². The third-order valence-electron chi connectivity index (χ3n) is 2.14. The molecule has 0 radical (unpaired) electrons. The Bertz CT molecular complexity index is 455. The highest BCUT2D eigenvalue weighted by Crippen LogP contribution is 2.07. The molecule has 6 heteroatoms. The number of carbonyl (C=O) groups excluding carboxylic acids is 1. The molecule has 0 aromatic carbocycles. The number of rotatable bonds is 5. The largest absolute Gasteiger partial charge is 0.465 e. The molecule has 0 amide bonds. The molecule has 17 heavy (non-hydrogen) atoms. The van der Waals surface area contributed by atoms with E-state index in [2.05, 4.69) is 4.74 Å². The second kappa shape index (κ2) is 6.42. The minimum absolute atomic E-state index is 0.00982. The van der Waals surface area contributed by atoms with Gasteiger partial charge in [0.1, 0.15) is 5.02 Å². The first-order valence-corrected chi connectivity index (χ1v) is 5.54. The number of methoxy groups -OCH3 is 1. The van der Waals surface area contributed by atoms with Crippen molar-refractivity contribution in [3.05, 3.63) is 33.2 Å². The van der Waals surface area contributed by atoms with Gasteiger partial charge in [-0.05, 0) is 13.0 Å². The summed E-state index contributed by atoms with van der Waals surface area (Å²) in [7, 11) is 1.27. The van der Waals surface area contributed by atoms with Gasteiger partial charge < -0.3 is 14.0 Å². The van der Waals surface area contributed by atoms with Crippen LogP contribution in [0.2, 0.25) is 5.02 Å². The van der Waals surface area contributed by atoms with Crippen LogP contribution in [0, 0.1) is 0 Å². The summed E-state index contributed by atoms with van der Waals surface area (Å²) in [5.74, 6) is -0.531. The summed E-state index contributed by atoms with van der Waals surface area (Å²) in [6.07, 6.45) is 1.42. The van der Waals surface area contributed by atoms with E-state index in [0.717, 1.165) is 0 Å². The number of halogens is 1. The molecular weight excluding hydrogens is 246 g/mol. The molecule has 0 spiro atoms. The van der Waals surface area contributed by atoms with Crippen LogP contribution < -0.4 is 5.56 Å². The summed E-state index contributed by atoms with van der Waals surface area (Å²) >= 11 is 5.75. The van der Waals surface area contributed by atoms with Gasteiger partial charge in [-0.15, -0.1) is 0 Å². The summed E-state index contributed by atoms with van der Waals surface area (Å²) in [6.45, 7) is 3.16. The third kappa shape index (κ3) is 3.57. The number of esters is 1. The number of hydrogen-bond donors (Lipinski definition) is 0. The van der Waals surface area contributed by atoms with Gasteiger partial charge in [-0.3, -0.25) is 4.79 Å². The maximum atomic E-state index is 11.6. The maximum Gasteiger partial charge on any atom is 0.339 e. The first-order valence-electron chi connectivity index (χ1n) is 5.16. The van der Waals surface area contributed by atoms with Crippen molar-refractivity contribution in [3.8, 4) is 0 Å². The fourth-order valence-corrected chi connectivity index (χ4v) is 1.53. The zero-order valence-electron chi connectivity index (χ0n) is 9.73. The molecule has 94 valence electrons. The van der Waals surface area contributed by atoms with Crippen molar-refractivity contribution in [2.24, 2.45) is 0 Å². The van der Waals surface area contributed by atoms with Crippen molar-refractivity contribution < 1.29 is 14.3 Å². The highest BCUT2D eigenvalue weighted by atomic mass is 35.5. The lowest BCUT2D eigenvalue weighted by molar-refractivity contribution is 0.0599. The smallest absolute Gasteiger partial charge is 0.339 e. The highest BCUT2D eigenvalue weighted by Gasteiger charge is 2.11. The van der Waals surface area contributed by atoms with E-state index in [-0.39, 0.29) is 16.1 Å². The molecule has 5 nitrogen and oxygen atoms in total. The Balaban J connectivity index is 2.99. The second-order valence-corrected chi connectivity index (χ2v) is 3.67. The van der Waals surface area contributed by atoms with Gasteiger partial charge in [0, 0.05) is 19.3 Å². The van der Waals surface area contributed by atoms with Crippen LogP contribution in [-0.4, -0.2) is 30.9 Å². The molecule has 0 fully saturated rings. The van der Waals surface area contributed by atoms with E-state index >= 15 is 0 Å². The first-order chi connectivity index (χ1) is 8.10. The molecule has 0 saturated carbocycles. The number of aromatic nitrogens is 1. The Morgan fingerprint density at radius 3 is 2.82 bits per heavy atom. The van der Waals surface area contributed by atoms with Gasteiger partial charge in [-0.1, -0.05) is 11.6 Å². The lowest BCUT2D eigenvalue weighted by atomic mass is 10.3. The lowest BCUT2D eigenvalue weighted by Gasteiger charge is -2.08. The van der Waals surface area contributed by atoms with Crippen LogP contribution in [-0.2, 0) is 16.0 Å². The van der Waals surface area contributed by atoms with E-state index in [1.165, 1.54) is 23.9 Å². The predicted molar refractivity (Wildman–Crippen MR) is 63.5 cm³/mol. The zero-order chi connectivity index (χ0) is 12.8. The third-order valence-corrected chi connectivity index (χ3v) is 2.41. The summed E-state index contributed by atoms with van der Waals surface area (Å²) in [6, 6.07) is 1.30. The molecule has 0 saturated heterocycles. The maximum absolute atomic E-state index is 11.6. The van der Waals surface area contributed by atoms with E-state index in [1.807, 2.05) is 6.92 Å². The number of pyridine rings is 1. The predicted octanol–water partition coefficient (Wildman–Crippen LogP) is 1.32. The van der Waals surface area contributed by atoms with Crippen molar-refractivity contribution >= 4 is 17.6 Å². The molecule has 1 aromatic heterocycles. The van der Waals surface area contributed by atoms with E-state index in [1.54, 1.807) is 0 Å². The number of ether oxygens (including phenoxy) is 2. The Kier molecular flexibility index (Phi) is 5.18. The van der Waals surface area contributed by atoms with Gasteiger partial charge in [0.25, 0.3) is 5.56 Å². The lowest BCUT2D eigenvalue weighted by Crippen LogP contribution is -2.24. The van der Waals surface area contributed by atoms with Gasteiger partial charge in [0.15, 0.2) is 0 Å². The van der Waals surface area contributed by atoms with Gasteiger partial charge >= 0.3 is 5.97 Å². The minimum Gasteiger partial charge on any atom is -0.465 e. The second-order valence-electron chi connectivity index (χ2n) is 3.26. The van der Waals surface area contributed by atoms with E-state index in [9.17, 15) is 9.59 Å². The minimum atomic E-state index is -0.531. The molecule has 0 bridgehead atoms. The van der Waals surface area contributed by atoms with Gasteiger partial charge in [-0.25, -0.2) is 4.79 Å². The van der Waals surface area contributed by atoms with Crippen LogP contribution >= 0.6 is 11.6 Å². The summed E-state index contributed by atoms with van der Waals surface area (Å²) in [5.41, 5.74) is -0.104. The Morgan fingerprint density at radius 2 is 2.24 bits per heavy atom. The normalized spacial score (nSPS) is 10.3. The van der Waals surface area contributed by atoms with Crippen LogP contribution in [0.3, 0.4) is 0 Å². The van der Waals surface area contributed by atoms with Gasteiger partial charge in [-0.2, -0.15) is 0 Å². The molecule has 0 unspecified atom stereocenters. The summed E-state index contributed by atoms with van der Waals surface area (Å²) in [5, 5.41) is -0.00982. The van der Waals surface area contributed by atoms with Gasteiger partial charge in [0.2, 0.25) is 0 Å². The van der Waals surface area contributed by atoms with Crippen LogP contribution in [0.15, 0.2) is 17.1 Å². The highest BCUT2D eigenvalue weighted by molar-refractivity contribution is 6.30. The fourth-order valence-electron chi connectivity index (χ4n) is 1.30. The number of nitrogens with zero attached hydrogens (tertiary/aromatic N) is 1. The molecule has 0 atom stereocenters. The average molecular weight is 260 g/mol. The molecule has 0 aliphatic heterocycles. The molecular formula is C11H14ClNO4. The van der Waals surface area contributed by atoms with Crippen molar-refractivity contribution in [1.82, 2.24) is 4.57 Å². The van der Waals surface area contributed by atoms with Crippen molar-refractivity contribution in [2.45, 2.75) is 13.5 Å². The topological polar surface area (TPSA) is 57.5 Å². The fraction of sp³-hybridized carbons (Fsp3) is 0.455. The molecule has 0 N–H and O–H groups in total. The van der Waals surface area contributed by atoms with Gasteiger partial charge in [0.05, 0.1) is 19.3 Å². The molecule has 0 aliphatic rings. The first kappa shape index (κ1) is 13.7. The Labute approximate surface area is 104 Å². The number of carbonyl (C=O) groups is 1. The number of hydrogen-bond acceptors (Lipinski definition) is 4. The Morgan fingerprint density at radius 1 is 1.53 bits per heavy atom. The van der Waals surface area contributed by atoms with Crippen molar-refractivity contribution in [1.29, 1.82) is 0 Å². The summed E-state index contributed by atoms with van der Waals surface area (Å²) in [4.78, 5) is 23.0.